The average Bonchev–Trinajstić information content (AvgIpc) is 2.76. The maximum atomic E-state index is 11.5. The quantitative estimate of drug-likeness (QED) is 0.727. The molecule has 3 heteroatoms. The molecule has 3 nitrogen and oxygen atoms in total. The Morgan fingerprint density at radius 2 is 2.00 bits per heavy atom. The fourth-order valence-electron chi connectivity index (χ4n) is 1.92. The molecule has 0 fully saturated rings. The van der Waals surface area contributed by atoms with Crippen molar-refractivity contribution < 1.29 is 4.79 Å². The van der Waals surface area contributed by atoms with Gasteiger partial charge in [-0.25, -0.2) is 0 Å². The molecule has 0 amide bonds. The summed E-state index contributed by atoms with van der Waals surface area (Å²) in [6.07, 6.45) is 5.61. The van der Waals surface area contributed by atoms with Crippen LogP contribution in [0.3, 0.4) is 0 Å². The van der Waals surface area contributed by atoms with Crippen LogP contribution >= 0.6 is 0 Å². The minimum Gasteiger partial charge on any atom is -0.299 e. The highest BCUT2D eigenvalue weighted by Crippen LogP contribution is 2.15. The summed E-state index contributed by atoms with van der Waals surface area (Å²) >= 11 is 0. The van der Waals surface area contributed by atoms with Crippen molar-refractivity contribution >= 4 is 5.78 Å². The lowest BCUT2D eigenvalue weighted by atomic mass is 10.0. The number of carbonyl (C=O) groups is 1. The van der Waals surface area contributed by atoms with Crippen molar-refractivity contribution in [2.24, 2.45) is 5.92 Å². The van der Waals surface area contributed by atoms with Gasteiger partial charge in [0.1, 0.15) is 5.78 Å². The summed E-state index contributed by atoms with van der Waals surface area (Å²) in [5.74, 6) is 0.457. The average molecular weight is 236 g/mol. The third kappa shape index (κ3) is 3.99. The summed E-state index contributed by atoms with van der Waals surface area (Å²) in [4.78, 5) is 11.5. The van der Waals surface area contributed by atoms with E-state index < -0.39 is 0 Å². The van der Waals surface area contributed by atoms with Gasteiger partial charge in [-0.3, -0.25) is 9.48 Å². The first-order valence-corrected chi connectivity index (χ1v) is 6.65. The van der Waals surface area contributed by atoms with Gasteiger partial charge in [0.15, 0.2) is 0 Å². The van der Waals surface area contributed by atoms with E-state index in [1.54, 1.807) is 0 Å². The summed E-state index contributed by atoms with van der Waals surface area (Å²) in [5, 5.41) is 4.55. The molecule has 0 saturated carbocycles. The number of rotatable bonds is 7. The highest BCUT2D eigenvalue weighted by Gasteiger charge is 2.10. The van der Waals surface area contributed by atoms with E-state index in [0.717, 1.165) is 25.0 Å². The topological polar surface area (TPSA) is 34.9 Å². The van der Waals surface area contributed by atoms with Gasteiger partial charge >= 0.3 is 0 Å². The lowest BCUT2D eigenvalue weighted by molar-refractivity contribution is -0.121. The molecule has 0 spiro atoms. The number of carbonyl (C=O) groups excluding carboxylic acids is 1. The minimum atomic E-state index is 0.135. The summed E-state index contributed by atoms with van der Waals surface area (Å²) < 4.78 is 2.04. The normalized spacial score (nSPS) is 11.4. The minimum absolute atomic E-state index is 0.135. The molecule has 0 N–H and O–H groups in total. The van der Waals surface area contributed by atoms with E-state index in [4.69, 9.17) is 0 Å². The van der Waals surface area contributed by atoms with Crippen molar-refractivity contribution in [3.05, 3.63) is 18.0 Å². The van der Waals surface area contributed by atoms with Crippen molar-refractivity contribution in [2.45, 2.75) is 59.4 Å². The third-order valence-electron chi connectivity index (χ3n) is 3.25. The Kier molecular flexibility index (Phi) is 5.39. The molecule has 0 saturated heterocycles. The molecule has 1 rings (SSSR count). The summed E-state index contributed by atoms with van der Waals surface area (Å²) in [5.41, 5.74) is 1.03. The van der Waals surface area contributed by atoms with Gasteiger partial charge in [-0.2, -0.15) is 5.10 Å². The van der Waals surface area contributed by atoms with E-state index in [1.807, 2.05) is 30.8 Å². The highest BCUT2D eigenvalue weighted by molar-refractivity contribution is 5.80. The van der Waals surface area contributed by atoms with Gasteiger partial charge in [-0.1, -0.05) is 27.7 Å². The Labute approximate surface area is 104 Å². The zero-order valence-electron chi connectivity index (χ0n) is 11.4. The van der Waals surface area contributed by atoms with Crippen molar-refractivity contribution in [3.63, 3.8) is 0 Å². The van der Waals surface area contributed by atoms with E-state index in [1.165, 1.54) is 0 Å². The summed E-state index contributed by atoms with van der Waals surface area (Å²) in [6, 6.07) is 2.52. The molecular weight excluding hydrogens is 212 g/mol. The second-order valence-electron chi connectivity index (χ2n) is 4.88. The van der Waals surface area contributed by atoms with Crippen LogP contribution in [0.25, 0.3) is 0 Å². The predicted molar refractivity (Wildman–Crippen MR) is 70.0 cm³/mol. The van der Waals surface area contributed by atoms with Gasteiger partial charge in [0, 0.05) is 18.5 Å². The molecule has 17 heavy (non-hydrogen) atoms. The van der Waals surface area contributed by atoms with E-state index in [2.05, 4.69) is 18.9 Å². The number of aryl methyl sites for hydroxylation is 1. The van der Waals surface area contributed by atoms with Crippen LogP contribution in [-0.2, 0) is 11.2 Å². The van der Waals surface area contributed by atoms with E-state index >= 15 is 0 Å². The SMILES string of the molecule is CCC(CC)n1ccc(CCC(=O)C(C)C)n1. The van der Waals surface area contributed by atoms with Gasteiger partial charge in [0.2, 0.25) is 0 Å². The molecule has 0 aliphatic carbocycles. The van der Waals surface area contributed by atoms with Crippen molar-refractivity contribution in [1.82, 2.24) is 9.78 Å². The Morgan fingerprint density at radius 1 is 1.35 bits per heavy atom. The van der Waals surface area contributed by atoms with Gasteiger partial charge in [0.05, 0.1) is 11.7 Å². The zero-order chi connectivity index (χ0) is 12.8. The summed E-state index contributed by atoms with van der Waals surface area (Å²) in [7, 11) is 0. The number of hydrogen-bond donors (Lipinski definition) is 0. The van der Waals surface area contributed by atoms with E-state index in [0.29, 0.717) is 18.2 Å². The van der Waals surface area contributed by atoms with Crippen LogP contribution < -0.4 is 0 Å². The molecule has 96 valence electrons. The molecule has 0 unspecified atom stereocenters. The molecule has 0 aromatic carbocycles. The van der Waals surface area contributed by atoms with Crippen LogP contribution in [0.5, 0.6) is 0 Å². The van der Waals surface area contributed by atoms with Gasteiger partial charge in [-0.15, -0.1) is 0 Å². The molecule has 0 bridgehead atoms. The number of ketones is 1. The van der Waals surface area contributed by atoms with Crippen molar-refractivity contribution in [1.29, 1.82) is 0 Å². The molecular formula is C14H24N2O. The van der Waals surface area contributed by atoms with Gasteiger partial charge in [-0.05, 0) is 25.3 Å². The van der Waals surface area contributed by atoms with Crippen molar-refractivity contribution in [3.8, 4) is 0 Å². The monoisotopic (exact) mass is 236 g/mol. The maximum Gasteiger partial charge on any atom is 0.135 e. The maximum absolute atomic E-state index is 11.5. The van der Waals surface area contributed by atoms with Crippen LogP contribution in [0.2, 0.25) is 0 Å². The first-order valence-electron chi connectivity index (χ1n) is 6.65. The number of aromatic nitrogens is 2. The van der Waals surface area contributed by atoms with E-state index in [9.17, 15) is 4.79 Å². The predicted octanol–water partition coefficient (Wildman–Crippen LogP) is 3.40. The van der Waals surface area contributed by atoms with Crippen LogP contribution in [-0.4, -0.2) is 15.6 Å². The standard InChI is InChI=1S/C14H24N2O/c1-5-13(6-2)16-10-9-12(15-16)7-8-14(17)11(3)4/h9-11,13H,5-8H2,1-4H3. The Balaban J connectivity index is 2.54. The number of nitrogens with zero attached hydrogens (tertiary/aromatic N) is 2. The third-order valence-corrected chi connectivity index (χ3v) is 3.25. The van der Waals surface area contributed by atoms with Crippen LogP contribution in [0, 0.1) is 5.92 Å². The van der Waals surface area contributed by atoms with Crippen LogP contribution in [0.15, 0.2) is 12.3 Å². The Bertz CT molecular complexity index is 351. The second kappa shape index (κ2) is 6.58. The molecule has 0 atom stereocenters. The molecule has 0 aliphatic rings. The molecule has 1 aromatic rings. The fraction of sp³-hybridized carbons (Fsp3) is 0.714. The fourth-order valence-corrected chi connectivity index (χ4v) is 1.92. The molecule has 0 aliphatic heterocycles. The lowest BCUT2D eigenvalue weighted by Crippen LogP contribution is -2.10. The largest absolute Gasteiger partial charge is 0.299 e. The van der Waals surface area contributed by atoms with Gasteiger partial charge < -0.3 is 0 Å². The van der Waals surface area contributed by atoms with Gasteiger partial charge in [0.25, 0.3) is 0 Å². The Morgan fingerprint density at radius 3 is 2.53 bits per heavy atom. The zero-order valence-corrected chi connectivity index (χ0v) is 11.4. The smallest absolute Gasteiger partial charge is 0.135 e. The first-order chi connectivity index (χ1) is 8.08. The Hall–Kier alpha value is -1.12. The molecule has 1 aromatic heterocycles. The van der Waals surface area contributed by atoms with E-state index in [-0.39, 0.29) is 5.92 Å². The molecule has 0 radical (unpaired) electrons. The van der Waals surface area contributed by atoms with Crippen LogP contribution in [0.4, 0.5) is 0 Å². The van der Waals surface area contributed by atoms with Crippen LogP contribution in [0.1, 0.15) is 58.7 Å². The number of hydrogen-bond acceptors (Lipinski definition) is 2. The highest BCUT2D eigenvalue weighted by atomic mass is 16.1. The number of Topliss-reactive ketones (excluding diaryl/α,β-unsaturated/α-hetero) is 1. The first kappa shape index (κ1) is 13.9. The lowest BCUT2D eigenvalue weighted by Gasteiger charge is -2.12. The van der Waals surface area contributed by atoms with Crippen molar-refractivity contribution in [2.75, 3.05) is 0 Å². The summed E-state index contributed by atoms with van der Waals surface area (Å²) in [6.45, 7) is 8.26. The second-order valence-corrected chi connectivity index (χ2v) is 4.88. The molecule has 1 heterocycles.